The van der Waals surface area contributed by atoms with E-state index in [2.05, 4.69) is 24.3 Å². The first-order valence-corrected chi connectivity index (χ1v) is 13.2. The maximum absolute atomic E-state index is 14.5. The molecule has 0 unspecified atom stereocenters. The zero-order chi connectivity index (χ0) is 24.7. The molecule has 0 aliphatic carbocycles. The largest absolute Gasteiger partial charge is 0.467 e. The molecular formula is C31H24ClNO2S. The van der Waals surface area contributed by atoms with Crippen LogP contribution in [0.3, 0.4) is 0 Å². The van der Waals surface area contributed by atoms with Gasteiger partial charge in [-0.15, -0.1) is 11.8 Å². The summed E-state index contributed by atoms with van der Waals surface area (Å²) in [6, 6.07) is 35.9. The first-order chi connectivity index (χ1) is 17.6. The number of fused-ring (bicyclic) bond motifs is 3. The number of ether oxygens (including phenoxy) is 1. The van der Waals surface area contributed by atoms with Gasteiger partial charge >= 0.3 is 0 Å². The number of hydrogen-bond donors (Lipinski definition) is 0. The molecule has 2 aliphatic rings. The van der Waals surface area contributed by atoms with E-state index in [0.29, 0.717) is 22.8 Å². The third-order valence-corrected chi connectivity index (χ3v) is 8.36. The Morgan fingerprint density at radius 2 is 1.58 bits per heavy atom. The van der Waals surface area contributed by atoms with Crippen LogP contribution < -0.4 is 4.90 Å². The monoisotopic (exact) mass is 509 g/mol. The smallest absolute Gasteiger partial charge is 0.265 e. The van der Waals surface area contributed by atoms with Crippen molar-refractivity contribution in [1.82, 2.24) is 0 Å². The maximum Gasteiger partial charge on any atom is 0.265 e. The summed E-state index contributed by atoms with van der Waals surface area (Å²) >= 11 is 8.16. The summed E-state index contributed by atoms with van der Waals surface area (Å²) in [4.78, 5) is 17.4. The molecule has 2 heterocycles. The van der Waals surface area contributed by atoms with Gasteiger partial charge in [0, 0.05) is 27.2 Å². The molecule has 2 atom stereocenters. The Morgan fingerprint density at radius 1 is 0.889 bits per heavy atom. The lowest BCUT2D eigenvalue weighted by atomic mass is 9.89. The van der Waals surface area contributed by atoms with Crippen LogP contribution >= 0.6 is 23.4 Å². The molecule has 0 spiro atoms. The predicted octanol–water partition coefficient (Wildman–Crippen LogP) is 8.22. The van der Waals surface area contributed by atoms with Gasteiger partial charge in [-0.05, 0) is 42.3 Å². The van der Waals surface area contributed by atoms with Crippen molar-refractivity contribution in [3.63, 3.8) is 0 Å². The number of rotatable bonds is 3. The third-order valence-electron chi connectivity index (χ3n) is 6.80. The quantitative estimate of drug-likeness (QED) is 0.278. The topological polar surface area (TPSA) is 29.5 Å². The second kappa shape index (κ2) is 9.20. The molecule has 0 aromatic heterocycles. The fourth-order valence-electron chi connectivity index (χ4n) is 5.23. The first-order valence-electron chi connectivity index (χ1n) is 11.9. The molecule has 4 aromatic rings. The minimum Gasteiger partial charge on any atom is -0.467 e. The SMILES string of the molecule is CC1=C(c2ccccc2)C(=O)N2c3ccccc3S[C@H](c3cccc(Cl)c3)C[C@@]2(c2ccccc2)O1. The van der Waals surface area contributed by atoms with Crippen LogP contribution in [0.25, 0.3) is 5.57 Å². The lowest BCUT2D eigenvalue weighted by Gasteiger charge is -2.47. The molecule has 36 heavy (non-hydrogen) atoms. The molecule has 0 bridgehead atoms. The Hall–Kier alpha value is -3.47. The molecule has 0 fully saturated rings. The summed E-state index contributed by atoms with van der Waals surface area (Å²) in [5.41, 5.74) is 3.31. The Balaban J connectivity index is 1.62. The van der Waals surface area contributed by atoms with Crippen LogP contribution in [0.15, 0.2) is 120 Å². The number of allylic oxidation sites excluding steroid dienone is 1. The minimum atomic E-state index is -1.02. The molecule has 6 rings (SSSR count). The number of anilines is 1. The Morgan fingerprint density at radius 3 is 2.33 bits per heavy atom. The molecule has 4 aromatic carbocycles. The summed E-state index contributed by atoms with van der Waals surface area (Å²) in [5.74, 6) is 0.564. The summed E-state index contributed by atoms with van der Waals surface area (Å²) < 4.78 is 6.96. The van der Waals surface area contributed by atoms with E-state index in [4.69, 9.17) is 16.3 Å². The van der Waals surface area contributed by atoms with Crippen molar-refractivity contribution in [3.05, 3.63) is 137 Å². The fourth-order valence-corrected chi connectivity index (χ4v) is 6.76. The van der Waals surface area contributed by atoms with Crippen LogP contribution in [0, 0.1) is 0 Å². The van der Waals surface area contributed by atoms with E-state index < -0.39 is 5.72 Å². The number of carbonyl (C=O) groups excluding carboxylic acids is 1. The number of amides is 1. The van der Waals surface area contributed by atoms with Crippen LogP contribution in [0.1, 0.15) is 35.3 Å². The molecule has 1 amide bonds. The second-order valence-electron chi connectivity index (χ2n) is 9.02. The van der Waals surface area contributed by atoms with Gasteiger partial charge in [-0.1, -0.05) is 96.5 Å². The highest BCUT2D eigenvalue weighted by Gasteiger charge is 2.53. The molecule has 0 saturated carbocycles. The van der Waals surface area contributed by atoms with Crippen molar-refractivity contribution in [1.29, 1.82) is 0 Å². The number of carbonyl (C=O) groups is 1. The van der Waals surface area contributed by atoms with Crippen LogP contribution in [-0.2, 0) is 15.3 Å². The zero-order valence-electron chi connectivity index (χ0n) is 19.7. The van der Waals surface area contributed by atoms with Gasteiger partial charge in [-0.3, -0.25) is 9.69 Å². The van der Waals surface area contributed by atoms with Gasteiger partial charge in [0.1, 0.15) is 5.76 Å². The number of benzene rings is 4. The van der Waals surface area contributed by atoms with Crippen LogP contribution in [0.5, 0.6) is 0 Å². The van der Waals surface area contributed by atoms with Gasteiger partial charge in [0.15, 0.2) is 0 Å². The van der Waals surface area contributed by atoms with Crippen LogP contribution in [-0.4, -0.2) is 5.91 Å². The summed E-state index contributed by atoms with van der Waals surface area (Å²) in [7, 11) is 0. The highest BCUT2D eigenvalue weighted by molar-refractivity contribution is 7.99. The third kappa shape index (κ3) is 3.82. The normalized spacial score (nSPS) is 21.3. The molecule has 178 valence electrons. The van der Waals surface area contributed by atoms with Gasteiger partial charge in [-0.2, -0.15) is 0 Å². The number of para-hydroxylation sites is 1. The Labute approximate surface area is 220 Å². The van der Waals surface area contributed by atoms with E-state index in [1.54, 1.807) is 11.8 Å². The van der Waals surface area contributed by atoms with Crippen molar-refractivity contribution in [3.8, 4) is 0 Å². The number of thioether (sulfide) groups is 1. The Kier molecular flexibility index (Phi) is 5.87. The Bertz CT molecular complexity index is 1470. The molecule has 2 aliphatic heterocycles. The molecule has 5 heteroatoms. The minimum absolute atomic E-state index is 0.00827. The van der Waals surface area contributed by atoms with Gasteiger partial charge in [-0.25, -0.2) is 0 Å². The fraction of sp³-hybridized carbons (Fsp3) is 0.129. The van der Waals surface area contributed by atoms with Crippen LogP contribution in [0.2, 0.25) is 5.02 Å². The van der Waals surface area contributed by atoms with Crippen molar-refractivity contribution in [2.45, 2.75) is 29.2 Å². The van der Waals surface area contributed by atoms with Crippen LogP contribution in [0.4, 0.5) is 5.69 Å². The molecule has 0 N–H and O–H groups in total. The molecular weight excluding hydrogens is 486 g/mol. The lowest BCUT2D eigenvalue weighted by molar-refractivity contribution is -0.123. The van der Waals surface area contributed by atoms with E-state index in [0.717, 1.165) is 27.3 Å². The molecule has 0 saturated heterocycles. The van der Waals surface area contributed by atoms with Crippen molar-refractivity contribution >= 4 is 40.5 Å². The van der Waals surface area contributed by atoms with E-state index in [1.807, 2.05) is 96.8 Å². The van der Waals surface area contributed by atoms with Crippen molar-refractivity contribution in [2.75, 3.05) is 4.90 Å². The van der Waals surface area contributed by atoms with E-state index >= 15 is 0 Å². The highest BCUT2D eigenvalue weighted by atomic mass is 35.5. The zero-order valence-corrected chi connectivity index (χ0v) is 21.3. The lowest BCUT2D eigenvalue weighted by Crippen LogP contribution is -2.55. The second-order valence-corrected chi connectivity index (χ2v) is 10.7. The van der Waals surface area contributed by atoms with Crippen molar-refractivity contribution < 1.29 is 9.53 Å². The van der Waals surface area contributed by atoms with Gasteiger partial charge in [0.2, 0.25) is 5.72 Å². The van der Waals surface area contributed by atoms with Crippen molar-refractivity contribution in [2.24, 2.45) is 0 Å². The maximum atomic E-state index is 14.5. The first kappa shape index (κ1) is 23.0. The van der Waals surface area contributed by atoms with E-state index in [-0.39, 0.29) is 11.2 Å². The predicted molar refractivity (Wildman–Crippen MR) is 147 cm³/mol. The number of hydrogen-bond acceptors (Lipinski definition) is 3. The van der Waals surface area contributed by atoms with Gasteiger partial charge in [0.05, 0.1) is 11.3 Å². The molecule has 3 nitrogen and oxygen atoms in total. The van der Waals surface area contributed by atoms with Gasteiger partial charge < -0.3 is 4.74 Å². The summed E-state index contributed by atoms with van der Waals surface area (Å²) in [5, 5.41) is 0.702. The average Bonchev–Trinajstić information content (AvgIpc) is 3.05. The molecule has 0 radical (unpaired) electrons. The average molecular weight is 510 g/mol. The number of nitrogens with zero attached hydrogens (tertiary/aromatic N) is 1. The van der Waals surface area contributed by atoms with E-state index in [9.17, 15) is 4.79 Å². The van der Waals surface area contributed by atoms with E-state index in [1.165, 1.54) is 0 Å². The highest BCUT2D eigenvalue weighted by Crippen LogP contribution is 2.57. The van der Waals surface area contributed by atoms with Gasteiger partial charge in [0.25, 0.3) is 5.91 Å². The summed E-state index contributed by atoms with van der Waals surface area (Å²) in [6.07, 6.45) is 0.557. The standard InChI is InChI=1S/C31H24ClNO2S/c1-21-29(22-11-4-2-5-12-22)30(34)33-26-17-8-9-18-27(26)36-28(23-13-10-16-25(32)19-23)20-31(33,35-21)24-14-6-3-7-15-24/h2-19,28H,20H2,1H3/t28-,31-/m0/s1. The number of halogens is 1. The summed E-state index contributed by atoms with van der Waals surface area (Å²) in [6.45, 7) is 1.90.